The molecule has 0 bridgehead atoms. The molecule has 94 valence electrons. The third-order valence-electron chi connectivity index (χ3n) is 3.18. The fourth-order valence-electron chi connectivity index (χ4n) is 2.37. The number of nitrogens with one attached hydrogen (secondary N) is 1. The second-order valence-electron chi connectivity index (χ2n) is 5.60. The first-order valence-corrected chi connectivity index (χ1v) is 6.28. The van der Waals surface area contributed by atoms with Gasteiger partial charge in [-0.1, -0.05) is 19.9 Å². The van der Waals surface area contributed by atoms with Crippen molar-refractivity contribution in [1.29, 1.82) is 0 Å². The molecule has 0 atom stereocenters. The Bertz CT molecular complexity index is 376. The summed E-state index contributed by atoms with van der Waals surface area (Å²) in [6.45, 7) is 8.49. The first-order chi connectivity index (χ1) is 8.07. The molecule has 17 heavy (non-hydrogen) atoms. The van der Waals surface area contributed by atoms with Crippen molar-refractivity contribution in [3.05, 3.63) is 30.1 Å². The number of rotatable bonds is 1. The highest BCUT2D eigenvalue weighted by molar-refractivity contribution is 5.46. The molecule has 0 radical (unpaired) electrons. The van der Waals surface area contributed by atoms with Crippen LogP contribution in [0.15, 0.2) is 24.3 Å². The molecule has 0 aromatic heterocycles. The molecule has 2 nitrogen and oxygen atoms in total. The van der Waals surface area contributed by atoms with Crippen molar-refractivity contribution in [2.75, 3.05) is 31.1 Å². The predicted molar refractivity (Wildman–Crippen MR) is 69.9 cm³/mol. The fourth-order valence-corrected chi connectivity index (χ4v) is 2.37. The molecule has 1 fully saturated rings. The highest BCUT2D eigenvalue weighted by atomic mass is 19.1. The SMILES string of the molecule is CC1(C)CNCCCN(c2cccc(F)c2)C1. The van der Waals surface area contributed by atoms with Gasteiger partial charge in [-0.2, -0.15) is 0 Å². The van der Waals surface area contributed by atoms with E-state index in [4.69, 9.17) is 0 Å². The van der Waals surface area contributed by atoms with E-state index in [0.29, 0.717) is 0 Å². The molecule has 1 aromatic carbocycles. The number of benzene rings is 1. The van der Waals surface area contributed by atoms with Crippen LogP contribution in [-0.2, 0) is 0 Å². The molecule has 1 heterocycles. The van der Waals surface area contributed by atoms with Crippen molar-refractivity contribution in [2.24, 2.45) is 5.41 Å². The van der Waals surface area contributed by atoms with E-state index in [2.05, 4.69) is 24.1 Å². The topological polar surface area (TPSA) is 15.3 Å². The minimum Gasteiger partial charge on any atom is -0.371 e. The van der Waals surface area contributed by atoms with Crippen LogP contribution in [0.5, 0.6) is 0 Å². The van der Waals surface area contributed by atoms with E-state index >= 15 is 0 Å². The summed E-state index contributed by atoms with van der Waals surface area (Å²) in [4.78, 5) is 2.30. The van der Waals surface area contributed by atoms with Gasteiger partial charge < -0.3 is 10.2 Å². The van der Waals surface area contributed by atoms with Gasteiger partial charge in [-0.3, -0.25) is 0 Å². The molecule has 0 aliphatic carbocycles. The zero-order valence-electron chi connectivity index (χ0n) is 10.7. The Labute approximate surface area is 103 Å². The smallest absolute Gasteiger partial charge is 0.125 e. The van der Waals surface area contributed by atoms with Gasteiger partial charge in [-0.15, -0.1) is 0 Å². The molecule has 0 saturated carbocycles. The maximum Gasteiger partial charge on any atom is 0.125 e. The Hall–Kier alpha value is -1.09. The van der Waals surface area contributed by atoms with Gasteiger partial charge in [0.15, 0.2) is 0 Å². The molecule has 0 amide bonds. The van der Waals surface area contributed by atoms with Gasteiger partial charge in [0, 0.05) is 25.3 Å². The van der Waals surface area contributed by atoms with Crippen LogP contribution < -0.4 is 10.2 Å². The van der Waals surface area contributed by atoms with Gasteiger partial charge in [-0.25, -0.2) is 4.39 Å². The Kier molecular flexibility index (Phi) is 3.67. The van der Waals surface area contributed by atoms with Crippen molar-refractivity contribution in [1.82, 2.24) is 5.32 Å². The Morgan fingerprint density at radius 2 is 2.18 bits per heavy atom. The van der Waals surface area contributed by atoms with Crippen LogP contribution in [0.1, 0.15) is 20.3 Å². The zero-order valence-corrected chi connectivity index (χ0v) is 10.7. The first-order valence-electron chi connectivity index (χ1n) is 6.28. The number of anilines is 1. The minimum absolute atomic E-state index is 0.152. The first kappa shape index (κ1) is 12.4. The molecule has 1 aliphatic rings. The third-order valence-corrected chi connectivity index (χ3v) is 3.18. The Morgan fingerprint density at radius 1 is 1.35 bits per heavy atom. The van der Waals surface area contributed by atoms with Crippen LogP contribution in [0.3, 0.4) is 0 Å². The van der Waals surface area contributed by atoms with Crippen molar-refractivity contribution in [2.45, 2.75) is 20.3 Å². The van der Waals surface area contributed by atoms with E-state index in [1.54, 1.807) is 12.1 Å². The van der Waals surface area contributed by atoms with Gasteiger partial charge >= 0.3 is 0 Å². The molecule has 1 aliphatic heterocycles. The summed E-state index contributed by atoms with van der Waals surface area (Å²) in [5.41, 5.74) is 1.21. The molecule has 1 aromatic rings. The standard InChI is InChI=1S/C14H21FN2/c1-14(2)10-16-7-4-8-17(11-14)13-6-3-5-12(15)9-13/h3,5-6,9,16H,4,7-8,10-11H2,1-2H3. The van der Waals surface area contributed by atoms with Crippen molar-refractivity contribution in [3.8, 4) is 0 Å². The lowest BCUT2D eigenvalue weighted by atomic mass is 9.91. The normalized spacial score (nSPS) is 20.8. The molecular weight excluding hydrogens is 215 g/mol. The lowest BCUT2D eigenvalue weighted by molar-refractivity contribution is 0.325. The van der Waals surface area contributed by atoms with Gasteiger partial charge in [0.05, 0.1) is 0 Å². The second-order valence-corrected chi connectivity index (χ2v) is 5.60. The summed E-state index contributed by atoms with van der Waals surface area (Å²) in [6.07, 6.45) is 1.10. The summed E-state index contributed by atoms with van der Waals surface area (Å²) in [5, 5.41) is 3.46. The zero-order chi connectivity index (χ0) is 12.3. The van der Waals surface area contributed by atoms with Crippen LogP contribution in [0.25, 0.3) is 0 Å². The second kappa shape index (κ2) is 5.05. The number of hydrogen-bond donors (Lipinski definition) is 1. The largest absolute Gasteiger partial charge is 0.371 e. The molecule has 1 N–H and O–H groups in total. The average molecular weight is 236 g/mol. The highest BCUT2D eigenvalue weighted by Gasteiger charge is 2.23. The van der Waals surface area contributed by atoms with Crippen LogP contribution in [0, 0.1) is 11.2 Å². The molecule has 0 spiro atoms. The van der Waals surface area contributed by atoms with E-state index in [-0.39, 0.29) is 11.2 Å². The lowest BCUT2D eigenvalue weighted by Gasteiger charge is -2.36. The van der Waals surface area contributed by atoms with Crippen molar-refractivity contribution < 1.29 is 4.39 Å². The number of halogens is 1. The number of hydrogen-bond acceptors (Lipinski definition) is 2. The summed E-state index contributed by atoms with van der Waals surface area (Å²) < 4.78 is 13.3. The lowest BCUT2D eigenvalue weighted by Crippen LogP contribution is -2.44. The molecule has 0 unspecified atom stereocenters. The average Bonchev–Trinajstić information content (AvgIpc) is 2.24. The molecular formula is C14H21FN2. The maximum atomic E-state index is 13.3. The molecule has 1 saturated heterocycles. The monoisotopic (exact) mass is 236 g/mol. The highest BCUT2D eigenvalue weighted by Crippen LogP contribution is 2.23. The molecule has 2 rings (SSSR count). The quantitative estimate of drug-likeness (QED) is 0.806. The molecule has 3 heteroatoms. The van der Waals surface area contributed by atoms with Crippen LogP contribution >= 0.6 is 0 Å². The van der Waals surface area contributed by atoms with E-state index < -0.39 is 0 Å². The summed E-state index contributed by atoms with van der Waals surface area (Å²) >= 11 is 0. The van der Waals surface area contributed by atoms with Crippen molar-refractivity contribution in [3.63, 3.8) is 0 Å². The van der Waals surface area contributed by atoms with E-state index in [1.807, 2.05) is 6.07 Å². The summed E-state index contributed by atoms with van der Waals surface area (Å²) in [5.74, 6) is -0.152. The minimum atomic E-state index is -0.152. The Morgan fingerprint density at radius 3 is 2.94 bits per heavy atom. The van der Waals surface area contributed by atoms with E-state index in [9.17, 15) is 4.39 Å². The number of nitrogens with zero attached hydrogens (tertiary/aromatic N) is 1. The fraction of sp³-hybridized carbons (Fsp3) is 0.571. The van der Waals surface area contributed by atoms with Gasteiger partial charge in [0.1, 0.15) is 5.82 Å². The predicted octanol–water partition coefficient (Wildman–Crippen LogP) is 2.65. The van der Waals surface area contributed by atoms with E-state index in [0.717, 1.165) is 38.3 Å². The summed E-state index contributed by atoms with van der Waals surface area (Å²) in [6, 6.07) is 6.91. The van der Waals surface area contributed by atoms with Gasteiger partial charge in [-0.05, 0) is 36.6 Å². The van der Waals surface area contributed by atoms with Crippen molar-refractivity contribution >= 4 is 5.69 Å². The van der Waals surface area contributed by atoms with Crippen LogP contribution in [-0.4, -0.2) is 26.2 Å². The summed E-state index contributed by atoms with van der Waals surface area (Å²) in [7, 11) is 0. The van der Waals surface area contributed by atoms with Crippen LogP contribution in [0.4, 0.5) is 10.1 Å². The van der Waals surface area contributed by atoms with Gasteiger partial charge in [0.2, 0.25) is 0 Å². The van der Waals surface area contributed by atoms with E-state index in [1.165, 1.54) is 6.07 Å². The maximum absolute atomic E-state index is 13.3. The Balaban J connectivity index is 2.17. The third kappa shape index (κ3) is 3.43. The van der Waals surface area contributed by atoms with Crippen LogP contribution in [0.2, 0.25) is 0 Å². The van der Waals surface area contributed by atoms with Gasteiger partial charge in [0.25, 0.3) is 0 Å².